The lowest BCUT2D eigenvalue weighted by molar-refractivity contribution is -0.134. The van der Waals surface area contributed by atoms with E-state index in [4.69, 9.17) is 9.47 Å². The fourth-order valence-electron chi connectivity index (χ4n) is 7.99. The molecule has 3 fully saturated rings. The van der Waals surface area contributed by atoms with Gasteiger partial charge in [0.05, 0.1) is 19.3 Å². The summed E-state index contributed by atoms with van der Waals surface area (Å²) in [5, 5.41) is 10.0. The van der Waals surface area contributed by atoms with Crippen LogP contribution in [0.1, 0.15) is 42.4 Å². The van der Waals surface area contributed by atoms with Crippen molar-refractivity contribution in [3.05, 3.63) is 59.2 Å². The molecule has 7 rings (SSSR count). The molecular formula is C31H34N2O4. The summed E-state index contributed by atoms with van der Waals surface area (Å²) in [5.74, 6) is 8.32. The third kappa shape index (κ3) is 3.44. The van der Waals surface area contributed by atoms with Crippen LogP contribution in [-0.4, -0.2) is 72.4 Å². The summed E-state index contributed by atoms with van der Waals surface area (Å²) >= 11 is 0. The minimum atomic E-state index is -0.164. The zero-order valence-electron chi connectivity index (χ0n) is 21.5. The number of hydrogen-bond donors (Lipinski definition) is 1. The van der Waals surface area contributed by atoms with E-state index in [2.05, 4.69) is 22.8 Å². The van der Waals surface area contributed by atoms with Gasteiger partial charge >= 0.3 is 0 Å². The van der Waals surface area contributed by atoms with E-state index in [9.17, 15) is 9.90 Å². The number of amides is 1. The van der Waals surface area contributed by atoms with E-state index in [1.807, 2.05) is 48.3 Å². The number of rotatable bonds is 4. The van der Waals surface area contributed by atoms with Crippen LogP contribution in [-0.2, 0) is 16.6 Å². The molecule has 0 radical (unpaired) electrons. The molecule has 1 spiro atoms. The number of benzene rings is 2. The first-order chi connectivity index (χ1) is 18.0. The average Bonchev–Trinajstić information content (AvgIpc) is 3.50. The molecule has 6 heteroatoms. The van der Waals surface area contributed by atoms with Crippen LogP contribution >= 0.6 is 0 Å². The summed E-state index contributed by atoms with van der Waals surface area (Å²) in [4.78, 5) is 17.8. The van der Waals surface area contributed by atoms with Crippen molar-refractivity contribution in [1.82, 2.24) is 9.80 Å². The Bertz CT molecular complexity index is 1300. The molecule has 1 amide bonds. The van der Waals surface area contributed by atoms with Crippen molar-refractivity contribution in [2.24, 2.45) is 11.8 Å². The summed E-state index contributed by atoms with van der Waals surface area (Å²) < 4.78 is 12.6. The van der Waals surface area contributed by atoms with E-state index in [0.29, 0.717) is 17.9 Å². The SMILES string of the molecule is COc1ccc2c3c1O[C@H]1[C@@H](N(C)C(=O)C#Cc4ccccc4)CC[C@H]4[C@@H](C2)N(CC2CC2O)CC[C@@]341. The van der Waals surface area contributed by atoms with Crippen LogP contribution in [0.3, 0.4) is 0 Å². The number of hydrogen-bond acceptors (Lipinski definition) is 5. The molecule has 5 aliphatic rings. The number of aliphatic hydroxyl groups excluding tert-OH is 1. The van der Waals surface area contributed by atoms with Crippen molar-refractivity contribution in [2.75, 3.05) is 27.2 Å². The van der Waals surface area contributed by atoms with Crippen molar-refractivity contribution >= 4 is 5.91 Å². The number of piperidine rings is 1. The highest BCUT2D eigenvalue weighted by Gasteiger charge is 2.66. The molecule has 7 atom stereocenters. The summed E-state index contributed by atoms with van der Waals surface area (Å²) in [6, 6.07) is 14.3. The van der Waals surface area contributed by atoms with E-state index >= 15 is 0 Å². The molecule has 2 aromatic carbocycles. The Morgan fingerprint density at radius 2 is 2.05 bits per heavy atom. The number of aliphatic hydroxyl groups is 1. The predicted octanol–water partition coefficient (Wildman–Crippen LogP) is 2.99. The van der Waals surface area contributed by atoms with Gasteiger partial charge in [-0.25, -0.2) is 0 Å². The molecule has 1 N–H and O–H groups in total. The van der Waals surface area contributed by atoms with Crippen LogP contribution < -0.4 is 9.47 Å². The lowest BCUT2D eigenvalue weighted by atomic mass is 9.51. The molecule has 6 nitrogen and oxygen atoms in total. The largest absolute Gasteiger partial charge is 0.493 e. The third-order valence-corrected chi connectivity index (χ3v) is 9.87. The van der Waals surface area contributed by atoms with E-state index in [0.717, 1.165) is 62.3 Å². The van der Waals surface area contributed by atoms with Gasteiger partial charge in [-0.3, -0.25) is 9.69 Å². The lowest BCUT2D eigenvalue weighted by Crippen LogP contribution is -2.69. The molecule has 1 saturated heterocycles. The fourth-order valence-corrected chi connectivity index (χ4v) is 7.99. The Kier molecular flexibility index (Phi) is 5.32. The van der Waals surface area contributed by atoms with E-state index in [1.54, 1.807) is 7.11 Å². The van der Waals surface area contributed by atoms with Gasteiger partial charge in [-0.2, -0.15) is 0 Å². The maximum atomic E-state index is 13.3. The Morgan fingerprint density at radius 3 is 2.81 bits per heavy atom. The van der Waals surface area contributed by atoms with Crippen LogP contribution in [0, 0.1) is 23.7 Å². The molecule has 192 valence electrons. The molecule has 0 aromatic heterocycles. The number of nitrogens with zero attached hydrogens (tertiary/aromatic N) is 2. The average molecular weight is 499 g/mol. The number of carbonyl (C=O) groups excluding carboxylic acids is 1. The van der Waals surface area contributed by atoms with Gasteiger partial charge in [0.25, 0.3) is 5.91 Å². The molecule has 3 aliphatic carbocycles. The van der Waals surface area contributed by atoms with Gasteiger partial charge in [0, 0.05) is 48.0 Å². The minimum Gasteiger partial charge on any atom is -0.493 e. The smallest absolute Gasteiger partial charge is 0.298 e. The third-order valence-electron chi connectivity index (χ3n) is 9.87. The molecule has 2 aromatic rings. The van der Waals surface area contributed by atoms with Crippen LogP contribution in [0.25, 0.3) is 0 Å². The van der Waals surface area contributed by atoms with E-state index < -0.39 is 0 Å². The molecule has 2 saturated carbocycles. The van der Waals surface area contributed by atoms with Crippen molar-refractivity contribution < 1.29 is 19.4 Å². The van der Waals surface area contributed by atoms with Gasteiger partial charge in [-0.05, 0) is 68.3 Å². The van der Waals surface area contributed by atoms with Gasteiger partial charge in [0.1, 0.15) is 6.10 Å². The highest BCUT2D eigenvalue weighted by Crippen LogP contribution is 2.64. The topological polar surface area (TPSA) is 62.2 Å². The molecule has 37 heavy (non-hydrogen) atoms. The van der Waals surface area contributed by atoms with E-state index in [-0.39, 0.29) is 29.6 Å². The summed E-state index contributed by atoms with van der Waals surface area (Å²) in [6.45, 7) is 1.98. The standard InChI is InChI=1S/C31H34N2O4/c1-32(27(35)13-8-19-6-4-3-5-7-19)23-11-10-22-24-16-20-9-12-26(36-2)29-28(20)31(22,30(23)37-29)14-15-33(24)18-21-17-25(21)34/h3-7,9,12,21-25,30,34H,10-11,14-18H2,1-2H3/t21?,22-,23-,24+,25?,30-,31-/m0/s1. The van der Waals surface area contributed by atoms with Crippen LogP contribution in [0.15, 0.2) is 42.5 Å². The summed E-state index contributed by atoms with van der Waals surface area (Å²) in [7, 11) is 3.60. The first-order valence-electron chi connectivity index (χ1n) is 13.6. The molecular weight excluding hydrogens is 464 g/mol. The van der Waals surface area contributed by atoms with Gasteiger partial charge in [0.15, 0.2) is 11.5 Å². The van der Waals surface area contributed by atoms with Crippen molar-refractivity contribution in [1.29, 1.82) is 0 Å². The fraction of sp³-hybridized carbons (Fsp3) is 0.516. The molecule has 2 unspecified atom stereocenters. The van der Waals surface area contributed by atoms with Crippen molar-refractivity contribution in [3.8, 4) is 23.3 Å². The quantitative estimate of drug-likeness (QED) is 0.657. The Labute approximate surface area is 218 Å². The zero-order chi connectivity index (χ0) is 25.3. The van der Waals surface area contributed by atoms with Crippen molar-refractivity contribution in [3.63, 3.8) is 0 Å². The second-order valence-electron chi connectivity index (χ2n) is 11.6. The number of likely N-dealkylation sites (N-methyl/N-ethyl adjacent to an activating group) is 1. The number of ether oxygens (including phenoxy) is 2. The van der Waals surface area contributed by atoms with E-state index in [1.165, 1.54) is 11.1 Å². The zero-order valence-corrected chi connectivity index (χ0v) is 21.5. The Balaban J connectivity index is 1.24. The normalized spacial score (nSPS) is 34.5. The molecule has 2 heterocycles. The highest BCUT2D eigenvalue weighted by molar-refractivity contribution is 5.94. The maximum absolute atomic E-state index is 13.3. The Morgan fingerprint density at radius 1 is 1.24 bits per heavy atom. The highest BCUT2D eigenvalue weighted by atomic mass is 16.5. The number of likely N-dealkylation sites (tertiary alicyclic amines) is 1. The van der Waals surface area contributed by atoms with Crippen molar-refractivity contribution in [2.45, 2.75) is 61.8 Å². The predicted molar refractivity (Wildman–Crippen MR) is 139 cm³/mol. The monoisotopic (exact) mass is 498 g/mol. The maximum Gasteiger partial charge on any atom is 0.298 e. The number of methoxy groups -OCH3 is 1. The number of carbonyl (C=O) groups is 1. The van der Waals surface area contributed by atoms with Gasteiger partial charge in [0.2, 0.25) is 0 Å². The summed E-state index contributed by atoms with van der Waals surface area (Å²) in [5.41, 5.74) is 3.42. The van der Waals surface area contributed by atoms with Gasteiger partial charge < -0.3 is 19.5 Å². The molecule has 2 bridgehead atoms. The van der Waals surface area contributed by atoms with Crippen LogP contribution in [0.2, 0.25) is 0 Å². The van der Waals surface area contributed by atoms with Gasteiger partial charge in [-0.15, -0.1) is 0 Å². The summed E-state index contributed by atoms with van der Waals surface area (Å²) in [6.07, 6.45) is 4.66. The minimum absolute atomic E-state index is 0.0469. The second kappa shape index (κ2) is 8.51. The molecule has 2 aliphatic heterocycles. The van der Waals surface area contributed by atoms with Crippen LogP contribution in [0.4, 0.5) is 0 Å². The second-order valence-corrected chi connectivity index (χ2v) is 11.6. The Hall–Kier alpha value is -3.01. The first kappa shape index (κ1) is 23.1. The first-order valence-corrected chi connectivity index (χ1v) is 13.6. The van der Waals surface area contributed by atoms with Crippen LogP contribution in [0.5, 0.6) is 11.5 Å². The van der Waals surface area contributed by atoms with Gasteiger partial charge in [-0.1, -0.05) is 30.2 Å². The lowest BCUT2D eigenvalue weighted by Gasteiger charge is -2.60.